The summed E-state index contributed by atoms with van der Waals surface area (Å²) in [5.74, 6) is -2.04. The van der Waals surface area contributed by atoms with E-state index < -0.39 is 29.3 Å². The van der Waals surface area contributed by atoms with Crippen LogP contribution in [0.1, 0.15) is 33.6 Å². The molecule has 2 aliphatic rings. The number of hydrogen-bond donors (Lipinski definition) is 1. The van der Waals surface area contributed by atoms with E-state index in [0.717, 1.165) is 0 Å². The maximum absolute atomic E-state index is 13.6. The minimum Gasteiger partial charge on any atom is -0.353 e. The molecule has 3 amide bonds. The number of carbonyl (C=O) groups is 3. The molecule has 0 radical (unpaired) electrons. The van der Waals surface area contributed by atoms with Crippen LogP contribution in [-0.2, 0) is 9.53 Å². The number of nitrogens with one attached hydrogen (secondary N) is 1. The Bertz CT molecular complexity index is 1120. The highest BCUT2D eigenvalue weighted by molar-refractivity contribution is 5.98. The van der Waals surface area contributed by atoms with Gasteiger partial charge < -0.3 is 19.9 Å². The van der Waals surface area contributed by atoms with Crippen LogP contribution >= 0.6 is 0 Å². The summed E-state index contributed by atoms with van der Waals surface area (Å²) < 4.78 is 33.2. The van der Waals surface area contributed by atoms with Crippen LogP contribution in [-0.4, -0.2) is 91.1 Å². The maximum Gasteiger partial charge on any atom is 0.256 e. The molecule has 2 aromatic carbocycles. The SMILES string of the molecule is CN(C)CCNC(=O)C1COC2(CCN(C(=O)c3cccc(F)c3)CC2)N1C(=O)c1ccc(F)cc1. The number of nitrogens with zero attached hydrogens (tertiary/aromatic N) is 3. The Morgan fingerprint density at radius 2 is 1.69 bits per heavy atom. The van der Waals surface area contributed by atoms with Crippen LogP contribution in [0.15, 0.2) is 48.5 Å². The zero-order valence-electron chi connectivity index (χ0n) is 20.4. The van der Waals surface area contributed by atoms with Gasteiger partial charge in [0.05, 0.1) is 6.61 Å². The van der Waals surface area contributed by atoms with Gasteiger partial charge in [-0.15, -0.1) is 0 Å². The normalized spacial score (nSPS) is 19.1. The highest BCUT2D eigenvalue weighted by Gasteiger charge is 2.54. The molecule has 0 aliphatic carbocycles. The first-order valence-corrected chi connectivity index (χ1v) is 11.9. The second kappa shape index (κ2) is 10.7. The molecule has 2 heterocycles. The molecule has 4 rings (SSSR count). The first kappa shape index (κ1) is 25.7. The first-order valence-electron chi connectivity index (χ1n) is 11.9. The van der Waals surface area contributed by atoms with Gasteiger partial charge in [-0.1, -0.05) is 6.07 Å². The maximum atomic E-state index is 13.6. The highest BCUT2D eigenvalue weighted by atomic mass is 19.1. The lowest BCUT2D eigenvalue weighted by molar-refractivity contribution is -0.128. The van der Waals surface area contributed by atoms with Gasteiger partial charge in [-0.05, 0) is 56.6 Å². The molecule has 192 valence electrons. The van der Waals surface area contributed by atoms with E-state index in [4.69, 9.17) is 4.74 Å². The second-order valence-corrected chi connectivity index (χ2v) is 9.35. The molecule has 2 fully saturated rings. The van der Waals surface area contributed by atoms with Gasteiger partial charge in [-0.25, -0.2) is 8.78 Å². The van der Waals surface area contributed by atoms with Gasteiger partial charge in [-0.3, -0.25) is 19.3 Å². The Balaban J connectivity index is 1.54. The van der Waals surface area contributed by atoms with Gasteiger partial charge in [-0.2, -0.15) is 0 Å². The molecule has 2 aromatic rings. The number of amides is 3. The quantitative estimate of drug-likeness (QED) is 0.657. The zero-order chi connectivity index (χ0) is 25.9. The summed E-state index contributed by atoms with van der Waals surface area (Å²) in [6.45, 7) is 1.57. The summed E-state index contributed by atoms with van der Waals surface area (Å²) in [5.41, 5.74) is -0.602. The van der Waals surface area contributed by atoms with Crippen molar-refractivity contribution in [3.63, 3.8) is 0 Å². The number of halogens is 2. The van der Waals surface area contributed by atoms with E-state index in [1.165, 1.54) is 47.4 Å². The van der Waals surface area contributed by atoms with Gasteiger partial charge in [0.1, 0.15) is 23.4 Å². The van der Waals surface area contributed by atoms with Crippen molar-refractivity contribution in [3.05, 3.63) is 71.3 Å². The Kier molecular flexibility index (Phi) is 7.65. The van der Waals surface area contributed by atoms with Crippen molar-refractivity contribution in [1.29, 1.82) is 0 Å². The summed E-state index contributed by atoms with van der Waals surface area (Å²) in [6, 6.07) is 9.80. The Hall–Kier alpha value is -3.37. The number of carbonyl (C=O) groups excluding carboxylic acids is 3. The number of hydrogen-bond acceptors (Lipinski definition) is 5. The predicted octanol–water partition coefficient (Wildman–Crippen LogP) is 2.12. The number of piperidine rings is 1. The lowest BCUT2D eigenvalue weighted by Gasteiger charge is -2.44. The molecule has 1 atom stereocenters. The summed E-state index contributed by atoms with van der Waals surface area (Å²) in [4.78, 5) is 44.6. The molecule has 2 aliphatic heterocycles. The van der Waals surface area contributed by atoms with E-state index in [0.29, 0.717) is 13.1 Å². The van der Waals surface area contributed by atoms with Crippen LogP contribution in [0.25, 0.3) is 0 Å². The Morgan fingerprint density at radius 1 is 1.00 bits per heavy atom. The smallest absolute Gasteiger partial charge is 0.256 e. The van der Waals surface area contributed by atoms with Crippen LogP contribution < -0.4 is 5.32 Å². The van der Waals surface area contributed by atoms with Crippen molar-refractivity contribution in [3.8, 4) is 0 Å². The van der Waals surface area contributed by atoms with Crippen LogP contribution in [0.5, 0.6) is 0 Å². The minimum atomic E-state index is -1.09. The zero-order valence-corrected chi connectivity index (χ0v) is 20.4. The number of likely N-dealkylation sites (tertiary alicyclic amines) is 1. The molecule has 10 heteroatoms. The second-order valence-electron chi connectivity index (χ2n) is 9.35. The van der Waals surface area contributed by atoms with Crippen molar-refractivity contribution in [2.45, 2.75) is 24.6 Å². The molecule has 2 saturated heterocycles. The predicted molar refractivity (Wildman–Crippen MR) is 128 cm³/mol. The van der Waals surface area contributed by atoms with E-state index in [-0.39, 0.29) is 55.5 Å². The molecule has 8 nitrogen and oxygen atoms in total. The average molecular weight is 501 g/mol. The number of likely N-dealkylation sites (N-methyl/N-ethyl adjacent to an activating group) is 1. The van der Waals surface area contributed by atoms with Gasteiger partial charge in [0.25, 0.3) is 11.8 Å². The fraction of sp³-hybridized carbons (Fsp3) is 0.423. The summed E-state index contributed by atoms with van der Waals surface area (Å²) in [6.07, 6.45) is 0.560. The van der Waals surface area contributed by atoms with Gasteiger partial charge in [0.2, 0.25) is 5.91 Å². The van der Waals surface area contributed by atoms with E-state index in [1.807, 2.05) is 19.0 Å². The van der Waals surface area contributed by atoms with Crippen molar-refractivity contribution < 1.29 is 27.9 Å². The Labute approximate surface area is 208 Å². The largest absolute Gasteiger partial charge is 0.353 e. The fourth-order valence-corrected chi connectivity index (χ4v) is 4.68. The molecule has 36 heavy (non-hydrogen) atoms. The number of ether oxygens (including phenoxy) is 1. The first-order chi connectivity index (χ1) is 17.2. The standard InChI is InChI=1S/C26H30F2N4O4/c1-30(2)15-12-29-23(33)22-17-36-26(32(22)25(35)18-6-8-20(27)9-7-18)10-13-31(14-11-26)24(34)19-4-3-5-21(28)16-19/h3-9,16,22H,10-15,17H2,1-2H3,(H,29,33). The van der Waals surface area contributed by atoms with Gasteiger partial charge >= 0.3 is 0 Å². The lowest BCUT2D eigenvalue weighted by Crippen LogP contribution is -2.60. The molecule has 1 unspecified atom stereocenters. The van der Waals surface area contributed by atoms with Crippen molar-refractivity contribution in [2.75, 3.05) is 46.9 Å². The van der Waals surface area contributed by atoms with Crippen molar-refractivity contribution >= 4 is 17.7 Å². The third kappa shape index (κ3) is 5.39. The molecule has 1 N–H and O–H groups in total. The molecule has 0 bridgehead atoms. The van der Waals surface area contributed by atoms with Crippen molar-refractivity contribution in [1.82, 2.24) is 20.0 Å². The van der Waals surface area contributed by atoms with E-state index in [1.54, 1.807) is 11.0 Å². The van der Waals surface area contributed by atoms with Crippen molar-refractivity contribution in [2.24, 2.45) is 0 Å². The van der Waals surface area contributed by atoms with E-state index in [2.05, 4.69) is 5.32 Å². The molecular formula is C26H30F2N4O4. The molecular weight excluding hydrogens is 470 g/mol. The molecule has 0 aromatic heterocycles. The third-order valence-corrected chi connectivity index (χ3v) is 6.63. The fourth-order valence-electron chi connectivity index (χ4n) is 4.68. The van der Waals surface area contributed by atoms with E-state index >= 15 is 0 Å². The van der Waals surface area contributed by atoms with Gasteiger partial charge in [0, 0.05) is 50.1 Å². The third-order valence-electron chi connectivity index (χ3n) is 6.63. The number of rotatable bonds is 6. The topological polar surface area (TPSA) is 82.2 Å². The summed E-state index contributed by atoms with van der Waals surface area (Å²) in [5, 5.41) is 2.86. The lowest BCUT2D eigenvalue weighted by atomic mass is 9.96. The molecule has 0 saturated carbocycles. The summed E-state index contributed by atoms with van der Waals surface area (Å²) in [7, 11) is 3.78. The Morgan fingerprint density at radius 3 is 2.33 bits per heavy atom. The van der Waals surface area contributed by atoms with Crippen LogP contribution in [0.3, 0.4) is 0 Å². The van der Waals surface area contributed by atoms with Crippen LogP contribution in [0.4, 0.5) is 8.78 Å². The van der Waals surface area contributed by atoms with Crippen LogP contribution in [0.2, 0.25) is 0 Å². The number of benzene rings is 2. The van der Waals surface area contributed by atoms with E-state index in [9.17, 15) is 23.2 Å². The van der Waals surface area contributed by atoms with Crippen LogP contribution in [0, 0.1) is 11.6 Å². The highest BCUT2D eigenvalue weighted by Crippen LogP contribution is 2.38. The monoisotopic (exact) mass is 500 g/mol. The minimum absolute atomic E-state index is 0.0125. The molecule has 1 spiro atoms. The van der Waals surface area contributed by atoms with Gasteiger partial charge in [0.15, 0.2) is 0 Å². The summed E-state index contributed by atoms with van der Waals surface area (Å²) >= 11 is 0. The average Bonchev–Trinajstić information content (AvgIpc) is 3.22.